The molecule has 0 atom stereocenters. The Labute approximate surface area is 120 Å². The summed E-state index contributed by atoms with van der Waals surface area (Å²) < 4.78 is 2.55. The standard InChI is InChI=1S/C12H18BrIN2/c1-15(2)7-9-5-11(14)6-10(12(9)13)8-16(3)4/h5-6H,7-8H2,1-4H3. The van der Waals surface area contributed by atoms with Crippen LogP contribution in [0.1, 0.15) is 11.1 Å². The van der Waals surface area contributed by atoms with Gasteiger partial charge in [-0.1, -0.05) is 15.9 Å². The van der Waals surface area contributed by atoms with Crippen LogP contribution in [0.5, 0.6) is 0 Å². The number of hydrogen-bond acceptors (Lipinski definition) is 2. The summed E-state index contributed by atoms with van der Waals surface area (Å²) in [6, 6.07) is 4.48. The first kappa shape index (κ1) is 14.4. The minimum Gasteiger partial charge on any atom is -0.305 e. The number of rotatable bonds is 4. The summed E-state index contributed by atoms with van der Waals surface area (Å²) in [6.45, 7) is 1.94. The summed E-state index contributed by atoms with van der Waals surface area (Å²) in [7, 11) is 8.38. The van der Waals surface area contributed by atoms with E-state index in [0.717, 1.165) is 13.1 Å². The molecule has 1 rings (SSSR count). The lowest BCUT2D eigenvalue weighted by Crippen LogP contribution is -2.14. The van der Waals surface area contributed by atoms with Crippen LogP contribution in [-0.4, -0.2) is 38.0 Å². The van der Waals surface area contributed by atoms with Gasteiger partial charge in [0.05, 0.1) is 0 Å². The van der Waals surface area contributed by atoms with Gasteiger partial charge in [-0.2, -0.15) is 0 Å². The largest absolute Gasteiger partial charge is 0.305 e. The molecule has 0 aliphatic heterocycles. The Bertz CT molecular complexity index is 333. The third-order valence-corrected chi connectivity index (χ3v) is 3.80. The molecule has 0 radical (unpaired) electrons. The lowest BCUT2D eigenvalue weighted by molar-refractivity contribution is 0.394. The molecule has 0 heterocycles. The molecule has 0 unspecified atom stereocenters. The second-order valence-electron chi connectivity index (χ2n) is 4.51. The zero-order valence-electron chi connectivity index (χ0n) is 10.2. The van der Waals surface area contributed by atoms with Crippen LogP contribution in [0, 0.1) is 3.57 Å². The zero-order chi connectivity index (χ0) is 12.3. The molecule has 0 saturated heterocycles. The second-order valence-corrected chi connectivity index (χ2v) is 6.55. The molecule has 2 nitrogen and oxygen atoms in total. The van der Waals surface area contributed by atoms with Gasteiger partial charge in [0.15, 0.2) is 0 Å². The van der Waals surface area contributed by atoms with Crippen LogP contribution in [0.4, 0.5) is 0 Å². The van der Waals surface area contributed by atoms with Gasteiger partial charge in [-0.15, -0.1) is 0 Å². The Balaban J connectivity index is 3.05. The number of halogens is 2. The Hall–Kier alpha value is 0.350. The molecule has 0 aliphatic carbocycles. The van der Waals surface area contributed by atoms with Crippen molar-refractivity contribution in [3.8, 4) is 0 Å². The van der Waals surface area contributed by atoms with Crippen LogP contribution in [0.3, 0.4) is 0 Å². The molecule has 0 bridgehead atoms. The van der Waals surface area contributed by atoms with Gasteiger partial charge in [0, 0.05) is 21.1 Å². The summed E-state index contributed by atoms with van der Waals surface area (Å²) >= 11 is 6.10. The fourth-order valence-corrected chi connectivity index (χ4v) is 2.85. The summed E-state index contributed by atoms with van der Waals surface area (Å²) in [5.74, 6) is 0. The van der Waals surface area contributed by atoms with Crippen molar-refractivity contribution < 1.29 is 0 Å². The Kier molecular flexibility index (Phi) is 5.70. The predicted octanol–water partition coefficient (Wildman–Crippen LogP) is 3.18. The van der Waals surface area contributed by atoms with Crippen molar-refractivity contribution in [1.29, 1.82) is 0 Å². The predicted molar refractivity (Wildman–Crippen MR) is 81.6 cm³/mol. The van der Waals surface area contributed by atoms with Gasteiger partial charge in [0.1, 0.15) is 0 Å². The Morgan fingerprint density at radius 2 is 1.38 bits per heavy atom. The maximum absolute atomic E-state index is 3.72. The van der Waals surface area contributed by atoms with E-state index in [4.69, 9.17) is 0 Å². The summed E-state index contributed by atoms with van der Waals surface area (Å²) in [5.41, 5.74) is 2.71. The molecule has 0 amide bonds. The van der Waals surface area contributed by atoms with E-state index >= 15 is 0 Å². The second kappa shape index (κ2) is 6.33. The topological polar surface area (TPSA) is 6.48 Å². The van der Waals surface area contributed by atoms with Gasteiger partial charge >= 0.3 is 0 Å². The Morgan fingerprint density at radius 1 is 1.00 bits per heavy atom. The molecule has 1 aromatic rings. The number of nitrogens with zero attached hydrogens (tertiary/aromatic N) is 2. The third-order valence-electron chi connectivity index (χ3n) is 2.16. The number of hydrogen-bond donors (Lipinski definition) is 0. The fourth-order valence-electron chi connectivity index (χ4n) is 1.62. The third kappa shape index (κ3) is 4.31. The highest BCUT2D eigenvalue weighted by Gasteiger charge is 2.09. The van der Waals surface area contributed by atoms with Gasteiger partial charge < -0.3 is 9.80 Å². The van der Waals surface area contributed by atoms with Gasteiger partial charge in [0.25, 0.3) is 0 Å². The van der Waals surface area contributed by atoms with E-state index in [1.165, 1.54) is 19.2 Å². The SMILES string of the molecule is CN(C)Cc1cc(I)cc(CN(C)C)c1Br. The smallest absolute Gasteiger partial charge is 0.0266 e. The lowest BCUT2D eigenvalue weighted by Gasteiger charge is -2.17. The highest BCUT2D eigenvalue weighted by molar-refractivity contribution is 14.1. The van der Waals surface area contributed by atoms with Gasteiger partial charge in [-0.05, 0) is 74.0 Å². The molecule has 90 valence electrons. The lowest BCUT2D eigenvalue weighted by atomic mass is 10.1. The number of benzene rings is 1. The Morgan fingerprint density at radius 3 is 1.69 bits per heavy atom. The molecule has 0 aromatic heterocycles. The van der Waals surface area contributed by atoms with E-state index in [0.29, 0.717) is 0 Å². The van der Waals surface area contributed by atoms with Crippen LogP contribution in [0.2, 0.25) is 0 Å². The average Bonchev–Trinajstić information content (AvgIpc) is 2.11. The maximum atomic E-state index is 3.72. The van der Waals surface area contributed by atoms with Crippen molar-refractivity contribution in [3.05, 3.63) is 31.3 Å². The van der Waals surface area contributed by atoms with Crippen molar-refractivity contribution in [2.45, 2.75) is 13.1 Å². The highest BCUT2D eigenvalue weighted by Crippen LogP contribution is 2.26. The minimum atomic E-state index is 0.970. The van der Waals surface area contributed by atoms with Crippen molar-refractivity contribution >= 4 is 38.5 Å². The quantitative estimate of drug-likeness (QED) is 0.721. The molecule has 1 aromatic carbocycles. The molecule has 0 saturated carbocycles. The van der Waals surface area contributed by atoms with Gasteiger partial charge in [-0.3, -0.25) is 0 Å². The molecular formula is C12H18BrIN2. The molecule has 0 aliphatic rings. The van der Waals surface area contributed by atoms with Crippen LogP contribution >= 0.6 is 38.5 Å². The highest BCUT2D eigenvalue weighted by atomic mass is 127. The van der Waals surface area contributed by atoms with E-state index in [-0.39, 0.29) is 0 Å². The average molecular weight is 397 g/mol. The maximum Gasteiger partial charge on any atom is 0.0266 e. The van der Waals surface area contributed by atoms with E-state index in [1.807, 2.05) is 0 Å². The summed E-state index contributed by atoms with van der Waals surface area (Å²) in [6.07, 6.45) is 0. The van der Waals surface area contributed by atoms with Crippen molar-refractivity contribution in [3.63, 3.8) is 0 Å². The molecule has 0 fully saturated rings. The fraction of sp³-hybridized carbons (Fsp3) is 0.500. The minimum absolute atomic E-state index is 0.970. The molecule has 4 heteroatoms. The van der Waals surface area contributed by atoms with E-state index < -0.39 is 0 Å². The van der Waals surface area contributed by atoms with Gasteiger partial charge in [0.2, 0.25) is 0 Å². The molecule has 0 N–H and O–H groups in total. The van der Waals surface area contributed by atoms with E-state index in [1.54, 1.807) is 0 Å². The monoisotopic (exact) mass is 396 g/mol. The first-order chi connectivity index (χ1) is 7.40. The normalized spacial score (nSPS) is 11.5. The van der Waals surface area contributed by atoms with E-state index in [2.05, 4.69) is 88.6 Å². The van der Waals surface area contributed by atoms with Crippen LogP contribution in [0.25, 0.3) is 0 Å². The first-order valence-electron chi connectivity index (χ1n) is 5.16. The summed E-state index contributed by atoms with van der Waals surface area (Å²) in [5, 5.41) is 0. The molecule has 0 spiro atoms. The van der Waals surface area contributed by atoms with Crippen molar-refractivity contribution in [1.82, 2.24) is 9.80 Å². The van der Waals surface area contributed by atoms with E-state index in [9.17, 15) is 0 Å². The van der Waals surface area contributed by atoms with Crippen LogP contribution in [-0.2, 0) is 13.1 Å². The van der Waals surface area contributed by atoms with Crippen LogP contribution in [0.15, 0.2) is 16.6 Å². The molecule has 16 heavy (non-hydrogen) atoms. The van der Waals surface area contributed by atoms with Crippen LogP contribution < -0.4 is 0 Å². The summed E-state index contributed by atoms with van der Waals surface area (Å²) in [4.78, 5) is 4.38. The van der Waals surface area contributed by atoms with Gasteiger partial charge in [-0.25, -0.2) is 0 Å². The van der Waals surface area contributed by atoms with Crippen molar-refractivity contribution in [2.24, 2.45) is 0 Å². The molecular weight excluding hydrogens is 379 g/mol. The zero-order valence-corrected chi connectivity index (χ0v) is 14.0. The first-order valence-corrected chi connectivity index (χ1v) is 7.03. The van der Waals surface area contributed by atoms with Crippen molar-refractivity contribution in [2.75, 3.05) is 28.2 Å².